The van der Waals surface area contributed by atoms with Gasteiger partial charge in [-0.3, -0.25) is 18.9 Å². The molecule has 1 fully saturated rings. The van der Waals surface area contributed by atoms with Crippen molar-refractivity contribution in [2.75, 3.05) is 0 Å². The molecule has 7 atom stereocenters. The summed E-state index contributed by atoms with van der Waals surface area (Å²) in [6.07, 6.45) is -1.65. The average molecular weight is 475 g/mol. The molecule has 12 nitrogen and oxygen atoms in total. The van der Waals surface area contributed by atoms with Crippen LogP contribution in [0.2, 0.25) is 0 Å². The lowest BCUT2D eigenvalue weighted by atomic mass is 9.93. The first-order valence-electron chi connectivity index (χ1n) is 10.5. The number of aliphatic hydroxyl groups excluding tert-OH is 2. The van der Waals surface area contributed by atoms with Gasteiger partial charge in [0.2, 0.25) is 11.7 Å². The van der Waals surface area contributed by atoms with Crippen molar-refractivity contribution in [2.45, 2.75) is 82.4 Å². The van der Waals surface area contributed by atoms with Crippen molar-refractivity contribution in [3.63, 3.8) is 0 Å². The van der Waals surface area contributed by atoms with Crippen molar-refractivity contribution >= 4 is 18.8 Å². The third-order valence-corrected chi connectivity index (χ3v) is 8.54. The molecule has 2 aromatic heterocycles. The molecule has 1 aliphatic rings. The average Bonchev–Trinajstić information content (AvgIpc) is 3.19. The van der Waals surface area contributed by atoms with Crippen molar-refractivity contribution < 1.29 is 38.6 Å². The second kappa shape index (κ2) is 8.60. The molecule has 0 aliphatic carbocycles. The molecule has 13 heteroatoms. The Bertz CT molecular complexity index is 1080. The van der Waals surface area contributed by atoms with Crippen molar-refractivity contribution in [1.82, 2.24) is 14.5 Å². The van der Waals surface area contributed by atoms with Gasteiger partial charge in [0, 0.05) is 6.42 Å². The Hall–Kier alpha value is -1.66. The van der Waals surface area contributed by atoms with Crippen LogP contribution >= 0.6 is 7.60 Å². The molecule has 0 aromatic carbocycles. The highest BCUT2D eigenvalue weighted by Crippen LogP contribution is 2.59. The van der Waals surface area contributed by atoms with Crippen LogP contribution < -0.4 is 10.1 Å². The van der Waals surface area contributed by atoms with E-state index in [1.807, 2.05) is 0 Å². The third kappa shape index (κ3) is 4.28. The third-order valence-electron chi connectivity index (χ3n) is 6.32. The number of hydrogen-bond donors (Lipinski definition) is 5. The van der Waals surface area contributed by atoms with Gasteiger partial charge >= 0.3 is 13.2 Å². The van der Waals surface area contributed by atoms with Crippen LogP contribution in [0.5, 0.6) is 0 Å². The molecule has 3 heterocycles. The zero-order chi connectivity index (χ0) is 24.1. The number of hydrogen-bond acceptors (Lipinski definition) is 8. The highest BCUT2D eigenvalue weighted by atomic mass is 31.2. The number of ether oxygens (including phenoxy) is 1. The monoisotopic (exact) mass is 475 g/mol. The van der Waals surface area contributed by atoms with Gasteiger partial charge in [-0.15, -0.1) is 0 Å². The molecular weight excluding hydrogens is 443 g/mol. The van der Waals surface area contributed by atoms with E-state index in [0.29, 0.717) is 0 Å². The van der Waals surface area contributed by atoms with Gasteiger partial charge in [-0.25, -0.2) is 4.57 Å². The van der Waals surface area contributed by atoms with Crippen LogP contribution in [0, 0.1) is 0 Å². The molecule has 2 aromatic rings. The van der Waals surface area contributed by atoms with Crippen molar-refractivity contribution in [1.29, 1.82) is 0 Å². The summed E-state index contributed by atoms with van der Waals surface area (Å²) in [6.45, 7) is 6.13. The first kappa shape index (κ1) is 25.0. The molecule has 180 valence electrons. The lowest BCUT2D eigenvalue weighted by Gasteiger charge is -2.37. The smallest absolute Gasteiger partial charge is 0.359 e. The minimum atomic E-state index is -4.43. The Morgan fingerprint density at radius 2 is 1.97 bits per heavy atom. The topological polar surface area (TPSA) is 171 Å². The number of nitrogens with one attached hydrogen (secondary N) is 1. The van der Waals surface area contributed by atoms with E-state index in [1.54, 1.807) is 27.8 Å². The molecule has 5 N–H and O–H groups in total. The minimum absolute atomic E-state index is 0.00770. The Morgan fingerprint density at radius 3 is 2.56 bits per heavy atom. The van der Waals surface area contributed by atoms with Crippen LogP contribution in [0.25, 0.3) is 11.2 Å². The fourth-order valence-corrected chi connectivity index (χ4v) is 5.17. The fourth-order valence-electron chi connectivity index (χ4n) is 3.77. The van der Waals surface area contributed by atoms with Crippen molar-refractivity contribution in [2.24, 2.45) is 7.05 Å². The van der Waals surface area contributed by atoms with Gasteiger partial charge in [-0.1, -0.05) is 18.8 Å². The quantitative estimate of drug-likeness (QED) is 0.261. The van der Waals surface area contributed by atoms with Gasteiger partial charge in [0.25, 0.3) is 5.56 Å². The largest absolute Gasteiger partial charge is 0.387 e. The van der Waals surface area contributed by atoms with E-state index in [1.165, 1.54) is 28.7 Å². The summed E-state index contributed by atoms with van der Waals surface area (Å²) in [4.78, 5) is 29.1. The zero-order valence-corrected chi connectivity index (χ0v) is 19.7. The first-order chi connectivity index (χ1) is 14.8. The van der Waals surface area contributed by atoms with Crippen LogP contribution in [-0.4, -0.2) is 64.0 Å². The number of aromatic amines is 1. The number of nitrogens with zero attached hydrogens (tertiary/aromatic N) is 3. The SMILES string of the molecule is CCC(C)(CC1OC([n+]2cn(C)c3c(=O)[nH]cnc32)C(O)C1O)OP(=O)(O)C(C)(O)CC. The minimum Gasteiger partial charge on any atom is -0.387 e. The fraction of sp³-hybridized carbons (Fsp3) is 0.737. The van der Waals surface area contributed by atoms with Gasteiger partial charge in [-0.2, -0.15) is 0 Å². The number of fused-ring (bicyclic) bond motifs is 1. The lowest BCUT2D eigenvalue weighted by Crippen LogP contribution is -2.46. The molecule has 1 aliphatic heterocycles. The Kier molecular flexibility index (Phi) is 6.71. The summed E-state index contributed by atoms with van der Waals surface area (Å²) in [5.41, 5.74) is -1.07. The molecule has 3 rings (SSSR count). The highest BCUT2D eigenvalue weighted by Gasteiger charge is 2.51. The van der Waals surface area contributed by atoms with Crippen LogP contribution in [0.15, 0.2) is 17.4 Å². The molecule has 1 saturated heterocycles. The number of rotatable bonds is 8. The number of aryl methyl sites for hydroxylation is 1. The predicted octanol–water partition coefficient (Wildman–Crippen LogP) is 0.0476. The molecule has 32 heavy (non-hydrogen) atoms. The summed E-state index contributed by atoms with van der Waals surface area (Å²) >= 11 is 0. The van der Waals surface area contributed by atoms with E-state index in [2.05, 4.69) is 9.97 Å². The lowest BCUT2D eigenvalue weighted by molar-refractivity contribution is -0.746. The summed E-state index contributed by atoms with van der Waals surface area (Å²) in [5.74, 6) is 0. The van der Waals surface area contributed by atoms with Gasteiger partial charge in [-0.05, 0) is 26.7 Å². The molecule has 0 spiro atoms. The van der Waals surface area contributed by atoms with E-state index in [9.17, 15) is 29.6 Å². The number of imidazole rings is 1. The standard InChI is InChI=1S/C19H31N4O8P/c1-6-18(3,31-32(28,29)19(4,27)7-2)8-11-13(24)14(25)17(30-11)23-10-22(5)12-15(23)20-9-21-16(12)26/h9-11,13-14,17,24-25,27H,6-8H2,1-5H3,(H-,20,21,26,28,29)/p+1. The molecule has 0 saturated carbocycles. The normalized spacial score (nSPS) is 29.5. The number of aliphatic hydroxyl groups is 3. The van der Waals surface area contributed by atoms with E-state index < -0.39 is 43.1 Å². The Balaban J connectivity index is 1.87. The van der Waals surface area contributed by atoms with Crippen molar-refractivity contribution in [3.8, 4) is 0 Å². The Morgan fingerprint density at radius 1 is 1.31 bits per heavy atom. The van der Waals surface area contributed by atoms with Crippen LogP contribution in [-0.2, 0) is 20.9 Å². The van der Waals surface area contributed by atoms with Gasteiger partial charge < -0.3 is 29.5 Å². The molecule has 0 amide bonds. The van der Waals surface area contributed by atoms with Crippen LogP contribution in [0.1, 0.15) is 53.2 Å². The van der Waals surface area contributed by atoms with Gasteiger partial charge in [0.05, 0.1) is 18.8 Å². The second-order valence-electron chi connectivity index (χ2n) is 8.77. The molecule has 0 bridgehead atoms. The number of H-pyrrole nitrogens is 1. The Labute approximate surface area is 185 Å². The van der Waals surface area contributed by atoms with Crippen molar-refractivity contribution in [3.05, 3.63) is 23.0 Å². The summed E-state index contributed by atoms with van der Waals surface area (Å²) in [5, 5.41) is 29.7. The van der Waals surface area contributed by atoms with Gasteiger partial charge in [0.1, 0.15) is 12.2 Å². The maximum atomic E-state index is 12.7. The highest BCUT2D eigenvalue weighted by molar-refractivity contribution is 7.54. The van der Waals surface area contributed by atoms with E-state index in [-0.39, 0.29) is 36.0 Å². The second-order valence-corrected chi connectivity index (χ2v) is 11.0. The molecular formula is C19H32N4O8P+. The molecule has 7 unspecified atom stereocenters. The summed E-state index contributed by atoms with van der Waals surface area (Å²) in [7, 11) is -2.79. The van der Waals surface area contributed by atoms with Crippen LogP contribution in [0.3, 0.4) is 0 Å². The zero-order valence-electron chi connectivity index (χ0n) is 18.8. The maximum Gasteiger partial charge on any atom is 0.359 e. The van der Waals surface area contributed by atoms with E-state index in [0.717, 1.165) is 0 Å². The van der Waals surface area contributed by atoms with Crippen LogP contribution in [0.4, 0.5) is 0 Å². The predicted molar refractivity (Wildman–Crippen MR) is 113 cm³/mol. The summed E-state index contributed by atoms with van der Waals surface area (Å²) in [6, 6.07) is 0. The maximum absolute atomic E-state index is 12.7. The van der Waals surface area contributed by atoms with Gasteiger partial charge in [0.15, 0.2) is 18.0 Å². The van der Waals surface area contributed by atoms with E-state index >= 15 is 0 Å². The molecule has 0 radical (unpaired) electrons. The first-order valence-corrected chi connectivity index (χ1v) is 12.1. The van der Waals surface area contributed by atoms with E-state index in [4.69, 9.17) is 9.26 Å². The summed E-state index contributed by atoms with van der Waals surface area (Å²) < 4.78 is 27.2. The number of aromatic nitrogens is 4.